The van der Waals surface area contributed by atoms with Crippen LogP contribution in [0.5, 0.6) is 0 Å². The lowest BCUT2D eigenvalue weighted by atomic mass is 10.1. The number of thiazole rings is 1. The van der Waals surface area contributed by atoms with Crippen molar-refractivity contribution in [1.29, 1.82) is 0 Å². The fraction of sp³-hybridized carbons (Fsp3) is 0.381. The van der Waals surface area contributed by atoms with E-state index in [1.54, 1.807) is 23.5 Å². The number of anilines is 1. The maximum atomic E-state index is 11.5. The molecule has 32 heavy (non-hydrogen) atoms. The first-order valence-electron chi connectivity index (χ1n) is 10.5. The van der Waals surface area contributed by atoms with Crippen LogP contribution in [0, 0.1) is 0 Å². The zero-order chi connectivity index (χ0) is 22.1. The number of benzene rings is 1. The summed E-state index contributed by atoms with van der Waals surface area (Å²) in [7, 11) is 0. The van der Waals surface area contributed by atoms with Gasteiger partial charge in [0.1, 0.15) is 0 Å². The Morgan fingerprint density at radius 3 is 2.75 bits per heavy atom. The third-order valence-corrected chi connectivity index (χ3v) is 7.82. The van der Waals surface area contributed by atoms with Gasteiger partial charge in [-0.3, -0.25) is 4.90 Å². The number of hydrogen-bond donors (Lipinski definition) is 1. The molecule has 4 heterocycles. The molecule has 3 aromatic heterocycles. The number of hydrogen-bond acceptors (Lipinski definition) is 9. The van der Waals surface area contributed by atoms with Crippen LogP contribution in [-0.4, -0.2) is 67.3 Å². The van der Waals surface area contributed by atoms with E-state index in [4.69, 9.17) is 4.98 Å². The maximum absolute atomic E-state index is 11.5. The largest absolute Gasteiger partial charge is 0.478 e. The SMILES string of the molecule is CCC(c1nnnn1Cc1cccs1)N1CCN(c2nc3cccc(C(=O)O)c3s2)CC1. The summed E-state index contributed by atoms with van der Waals surface area (Å²) >= 11 is 3.16. The van der Waals surface area contributed by atoms with Gasteiger partial charge < -0.3 is 10.0 Å². The Kier molecular flexibility index (Phi) is 5.85. The van der Waals surface area contributed by atoms with Gasteiger partial charge in [-0.25, -0.2) is 14.5 Å². The van der Waals surface area contributed by atoms with Gasteiger partial charge in [-0.15, -0.1) is 16.4 Å². The van der Waals surface area contributed by atoms with Gasteiger partial charge in [-0.1, -0.05) is 30.4 Å². The van der Waals surface area contributed by atoms with Gasteiger partial charge in [0.2, 0.25) is 0 Å². The lowest BCUT2D eigenvalue weighted by molar-refractivity contribution is 0.0699. The first-order chi connectivity index (χ1) is 15.6. The van der Waals surface area contributed by atoms with Gasteiger partial charge in [-0.2, -0.15) is 0 Å². The van der Waals surface area contributed by atoms with Crippen LogP contribution >= 0.6 is 22.7 Å². The fourth-order valence-corrected chi connectivity index (χ4v) is 5.99. The van der Waals surface area contributed by atoms with Crippen LogP contribution in [0.2, 0.25) is 0 Å². The van der Waals surface area contributed by atoms with E-state index in [1.165, 1.54) is 16.2 Å². The zero-order valence-electron chi connectivity index (χ0n) is 17.6. The smallest absolute Gasteiger partial charge is 0.337 e. The number of tetrazole rings is 1. The summed E-state index contributed by atoms with van der Waals surface area (Å²) in [4.78, 5) is 22.1. The highest BCUT2D eigenvalue weighted by Gasteiger charge is 2.29. The van der Waals surface area contributed by atoms with Crippen molar-refractivity contribution in [2.75, 3.05) is 31.1 Å². The number of carbonyl (C=O) groups is 1. The number of nitrogens with zero attached hydrogens (tertiary/aromatic N) is 7. The Morgan fingerprint density at radius 1 is 1.19 bits per heavy atom. The van der Waals surface area contributed by atoms with Crippen molar-refractivity contribution in [2.24, 2.45) is 0 Å². The van der Waals surface area contributed by atoms with Crippen LogP contribution in [0.15, 0.2) is 35.7 Å². The molecule has 1 atom stereocenters. The first kappa shape index (κ1) is 21.0. The lowest BCUT2D eigenvalue weighted by Gasteiger charge is -2.38. The summed E-state index contributed by atoms with van der Waals surface area (Å²) in [6, 6.07) is 9.56. The number of aromatic carboxylic acids is 1. The molecule has 1 saturated heterocycles. The van der Waals surface area contributed by atoms with Crippen LogP contribution in [0.4, 0.5) is 5.13 Å². The molecule has 1 aromatic carbocycles. The van der Waals surface area contributed by atoms with E-state index in [9.17, 15) is 9.90 Å². The maximum Gasteiger partial charge on any atom is 0.337 e. The molecule has 1 aliphatic heterocycles. The van der Waals surface area contributed by atoms with Crippen molar-refractivity contribution < 1.29 is 9.90 Å². The van der Waals surface area contributed by atoms with E-state index < -0.39 is 5.97 Å². The minimum absolute atomic E-state index is 0.154. The molecule has 0 bridgehead atoms. The lowest BCUT2D eigenvalue weighted by Crippen LogP contribution is -2.48. The second kappa shape index (κ2) is 8.93. The second-order valence-corrected chi connectivity index (χ2v) is 9.69. The normalized spacial score (nSPS) is 16.0. The first-order valence-corrected chi connectivity index (χ1v) is 12.2. The Morgan fingerprint density at radius 2 is 2.03 bits per heavy atom. The summed E-state index contributed by atoms with van der Waals surface area (Å²) in [6.45, 7) is 6.24. The van der Waals surface area contributed by atoms with Gasteiger partial charge in [0.15, 0.2) is 11.0 Å². The highest BCUT2D eigenvalue weighted by molar-refractivity contribution is 7.22. The average molecular weight is 470 g/mol. The van der Waals surface area contributed by atoms with Crippen LogP contribution in [-0.2, 0) is 6.54 Å². The van der Waals surface area contributed by atoms with E-state index in [1.807, 2.05) is 16.8 Å². The van der Waals surface area contributed by atoms with E-state index >= 15 is 0 Å². The van der Waals surface area contributed by atoms with Crippen LogP contribution in [0.25, 0.3) is 10.2 Å². The summed E-state index contributed by atoms with van der Waals surface area (Å²) in [5.74, 6) is -0.0119. The molecule has 166 valence electrons. The van der Waals surface area contributed by atoms with Gasteiger partial charge in [-0.05, 0) is 40.4 Å². The van der Waals surface area contributed by atoms with Crippen LogP contribution < -0.4 is 4.90 Å². The van der Waals surface area contributed by atoms with Crippen molar-refractivity contribution in [3.05, 3.63) is 52.0 Å². The molecule has 1 fully saturated rings. The Hall–Kier alpha value is -2.89. The minimum Gasteiger partial charge on any atom is -0.478 e. The Bertz CT molecular complexity index is 1210. The number of piperazine rings is 1. The van der Waals surface area contributed by atoms with Gasteiger partial charge in [0.05, 0.1) is 28.4 Å². The topological polar surface area (TPSA) is 100 Å². The van der Waals surface area contributed by atoms with Gasteiger partial charge in [0.25, 0.3) is 0 Å². The fourth-order valence-electron chi connectivity index (χ4n) is 4.18. The quantitative estimate of drug-likeness (QED) is 0.440. The van der Waals surface area contributed by atoms with Crippen LogP contribution in [0.3, 0.4) is 0 Å². The molecule has 5 rings (SSSR count). The Balaban J connectivity index is 1.30. The summed E-state index contributed by atoms with van der Waals surface area (Å²) in [5.41, 5.74) is 1.06. The molecule has 11 heteroatoms. The number of carboxylic acid groups (broad SMARTS) is 1. The molecule has 0 amide bonds. The zero-order valence-corrected chi connectivity index (χ0v) is 19.2. The van der Waals surface area contributed by atoms with Gasteiger partial charge >= 0.3 is 5.97 Å². The Labute approximate surface area is 192 Å². The number of rotatable bonds is 7. The van der Waals surface area contributed by atoms with E-state index in [2.05, 4.69) is 43.7 Å². The number of aromatic nitrogens is 5. The molecule has 0 saturated carbocycles. The summed E-state index contributed by atoms with van der Waals surface area (Å²) in [5, 5.41) is 24.9. The molecule has 9 nitrogen and oxygen atoms in total. The highest BCUT2D eigenvalue weighted by Crippen LogP contribution is 2.33. The molecule has 1 aliphatic rings. The average Bonchev–Trinajstić information content (AvgIpc) is 3.56. The molecular weight excluding hydrogens is 446 g/mol. The summed E-state index contributed by atoms with van der Waals surface area (Å²) in [6.07, 6.45) is 0.925. The molecule has 0 spiro atoms. The number of fused-ring (bicyclic) bond motifs is 1. The number of thiophene rings is 1. The standard InChI is InChI=1S/C21H23N7O2S2/c1-2-17(19-23-24-25-28(19)13-14-5-4-12-31-14)26-8-10-27(11-9-26)21-22-16-7-3-6-15(20(29)30)18(16)32-21/h3-7,12,17H,2,8-11,13H2,1H3,(H,29,30). The predicted molar refractivity (Wildman–Crippen MR) is 125 cm³/mol. The van der Waals surface area contributed by atoms with Crippen LogP contribution in [0.1, 0.15) is 40.4 Å². The second-order valence-electron chi connectivity index (χ2n) is 7.68. The highest BCUT2D eigenvalue weighted by atomic mass is 32.1. The molecule has 1 unspecified atom stereocenters. The van der Waals surface area contributed by atoms with E-state index in [0.29, 0.717) is 12.1 Å². The van der Waals surface area contributed by atoms with Crippen molar-refractivity contribution in [1.82, 2.24) is 30.1 Å². The third kappa shape index (κ3) is 3.98. The van der Waals surface area contributed by atoms with Crippen molar-refractivity contribution >= 4 is 44.0 Å². The monoisotopic (exact) mass is 469 g/mol. The molecule has 0 radical (unpaired) electrons. The molecule has 1 N–H and O–H groups in total. The van der Waals surface area contributed by atoms with Gasteiger partial charge in [0, 0.05) is 31.1 Å². The van der Waals surface area contributed by atoms with E-state index in [-0.39, 0.29) is 6.04 Å². The third-order valence-electron chi connectivity index (χ3n) is 5.79. The van der Waals surface area contributed by atoms with Crippen molar-refractivity contribution in [3.63, 3.8) is 0 Å². The molecule has 0 aliphatic carbocycles. The number of carboxylic acids is 1. The van der Waals surface area contributed by atoms with Crippen molar-refractivity contribution in [3.8, 4) is 0 Å². The van der Waals surface area contributed by atoms with E-state index in [0.717, 1.165) is 53.8 Å². The summed E-state index contributed by atoms with van der Waals surface area (Å²) < 4.78 is 2.64. The molecule has 4 aromatic rings. The molecular formula is C21H23N7O2S2. The minimum atomic E-state index is -0.915. The predicted octanol–water partition coefficient (Wildman–Crippen LogP) is 3.36. The van der Waals surface area contributed by atoms with Crippen molar-refractivity contribution in [2.45, 2.75) is 25.9 Å².